The van der Waals surface area contributed by atoms with E-state index in [4.69, 9.17) is 4.74 Å². The first-order valence-electron chi connectivity index (χ1n) is 12.8. The monoisotopic (exact) mass is 538 g/mol. The molecule has 2 amide bonds. The van der Waals surface area contributed by atoms with Gasteiger partial charge in [-0.05, 0) is 64.3 Å². The maximum absolute atomic E-state index is 13.1. The second kappa shape index (κ2) is 10.7. The van der Waals surface area contributed by atoms with Crippen molar-refractivity contribution in [3.8, 4) is 16.9 Å². The van der Waals surface area contributed by atoms with Gasteiger partial charge in [0, 0.05) is 25.6 Å². The topological polar surface area (TPSA) is 78.9 Å². The van der Waals surface area contributed by atoms with Crippen LogP contribution in [-0.2, 0) is 29.1 Å². The van der Waals surface area contributed by atoms with Gasteiger partial charge in [-0.2, -0.15) is 13.2 Å². The number of amides is 2. The third kappa shape index (κ3) is 5.63. The van der Waals surface area contributed by atoms with Crippen LogP contribution < -0.4 is 10.1 Å². The Kier molecular flexibility index (Phi) is 7.36. The summed E-state index contributed by atoms with van der Waals surface area (Å²) in [5.41, 5.74) is 5.18. The number of methoxy groups -OCH3 is 1. The first-order valence-corrected chi connectivity index (χ1v) is 12.8. The highest BCUT2D eigenvalue weighted by Gasteiger charge is 2.46. The number of hydrogen-bond donors (Lipinski definition) is 2. The zero-order chi connectivity index (χ0) is 27.7. The van der Waals surface area contributed by atoms with Crippen LogP contribution in [0.25, 0.3) is 11.1 Å². The van der Waals surface area contributed by atoms with Crippen LogP contribution in [0, 0.1) is 5.92 Å². The van der Waals surface area contributed by atoms with Crippen LogP contribution in [0.3, 0.4) is 0 Å². The van der Waals surface area contributed by atoms with Gasteiger partial charge in [0.05, 0.1) is 7.11 Å². The van der Waals surface area contributed by atoms with Crippen LogP contribution in [-0.4, -0.2) is 47.8 Å². The maximum Gasteiger partial charge on any atom is 0.423 e. The second-order valence-electron chi connectivity index (χ2n) is 9.99. The Morgan fingerprint density at radius 1 is 1.08 bits per heavy atom. The normalized spacial score (nSPS) is 19.2. The third-order valence-corrected chi connectivity index (χ3v) is 7.55. The number of hydrogen-bond acceptors (Lipinski definition) is 4. The molecule has 0 radical (unpaired) electrons. The van der Waals surface area contributed by atoms with E-state index >= 15 is 0 Å². The highest BCUT2D eigenvalue weighted by Crippen LogP contribution is 2.47. The minimum atomic E-state index is -5.05. The van der Waals surface area contributed by atoms with Crippen molar-refractivity contribution in [2.75, 3.05) is 13.7 Å². The number of aliphatic hydroxyl groups is 1. The summed E-state index contributed by atoms with van der Waals surface area (Å²) in [6.07, 6.45) is -7.05. The number of halogens is 3. The molecule has 1 heterocycles. The molecular weight excluding hydrogens is 509 g/mol. The molecule has 1 aliphatic carbocycles. The SMILES string of the molecule is COc1cccc(-c2ccc(CNC(=O)C3CC3c3ccccc3)c3c2CCN(C(=O)C(O)C(F)(F)F)C3)c1. The number of nitrogens with zero attached hydrogens (tertiary/aromatic N) is 1. The zero-order valence-electron chi connectivity index (χ0n) is 21.4. The molecule has 6 nitrogen and oxygen atoms in total. The third-order valence-electron chi connectivity index (χ3n) is 7.55. The van der Waals surface area contributed by atoms with Crippen molar-refractivity contribution < 1.29 is 32.6 Å². The average Bonchev–Trinajstić information content (AvgIpc) is 3.76. The Labute approximate surface area is 224 Å². The van der Waals surface area contributed by atoms with Gasteiger partial charge in [0.2, 0.25) is 12.0 Å². The van der Waals surface area contributed by atoms with Gasteiger partial charge >= 0.3 is 6.18 Å². The van der Waals surface area contributed by atoms with Crippen LogP contribution >= 0.6 is 0 Å². The van der Waals surface area contributed by atoms with Crippen molar-refractivity contribution >= 4 is 11.8 Å². The molecule has 1 fully saturated rings. The lowest BCUT2D eigenvalue weighted by atomic mass is 9.87. The van der Waals surface area contributed by atoms with Gasteiger partial charge < -0.3 is 20.1 Å². The van der Waals surface area contributed by atoms with Gasteiger partial charge in [0.15, 0.2) is 0 Å². The van der Waals surface area contributed by atoms with E-state index in [0.717, 1.165) is 39.1 Å². The lowest BCUT2D eigenvalue weighted by Crippen LogP contribution is -2.48. The molecule has 3 aromatic carbocycles. The smallest absolute Gasteiger partial charge is 0.423 e. The predicted molar refractivity (Wildman–Crippen MR) is 139 cm³/mol. The lowest BCUT2D eigenvalue weighted by Gasteiger charge is -2.33. The summed E-state index contributed by atoms with van der Waals surface area (Å²) in [5, 5.41) is 12.6. The summed E-state index contributed by atoms with van der Waals surface area (Å²) < 4.78 is 44.6. The molecule has 3 unspecified atom stereocenters. The fourth-order valence-electron chi connectivity index (χ4n) is 5.34. The first-order chi connectivity index (χ1) is 18.7. The second-order valence-corrected chi connectivity index (χ2v) is 9.99. The minimum Gasteiger partial charge on any atom is -0.497 e. The molecule has 0 saturated heterocycles. The van der Waals surface area contributed by atoms with Gasteiger partial charge in [0.25, 0.3) is 5.91 Å². The van der Waals surface area contributed by atoms with Crippen LogP contribution in [0.5, 0.6) is 5.75 Å². The predicted octanol–water partition coefficient (Wildman–Crippen LogP) is 4.59. The highest BCUT2D eigenvalue weighted by molar-refractivity contribution is 5.84. The number of ether oxygens (including phenoxy) is 1. The summed E-state index contributed by atoms with van der Waals surface area (Å²) in [6, 6.07) is 21.1. The lowest BCUT2D eigenvalue weighted by molar-refractivity contribution is -0.211. The molecule has 0 spiro atoms. The van der Waals surface area contributed by atoms with Gasteiger partial charge in [-0.3, -0.25) is 9.59 Å². The van der Waals surface area contributed by atoms with Crippen molar-refractivity contribution in [1.29, 1.82) is 0 Å². The molecule has 3 atom stereocenters. The summed E-state index contributed by atoms with van der Waals surface area (Å²) in [4.78, 5) is 26.5. The van der Waals surface area contributed by atoms with Crippen molar-refractivity contribution in [3.63, 3.8) is 0 Å². The molecule has 1 aliphatic heterocycles. The quantitative estimate of drug-likeness (QED) is 0.461. The molecule has 2 aliphatic rings. The molecule has 0 bridgehead atoms. The van der Waals surface area contributed by atoms with E-state index in [2.05, 4.69) is 5.32 Å². The molecule has 2 N–H and O–H groups in total. The Morgan fingerprint density at radius 3 is 2.56 bits per heavy atom. The summed E-state index contributed by atoms with van der Waals surface area (Å²) >= 11 is 0. The van der Waals surface area contributed by atoms with Gasteiger partial charge in [-0.1, -0.05) is 54.6 Å². The summed E-state index contributed by atoms with van der Waals surface area (Å²) in [6.45, 7) is 0.119. The van der Waals surface area contributed by atoms with Crippen molar-refractivity contribution in [1.82, 2.24) is 10.2 Å². The van der Waals surface area contributed by atoms with Gasteiger partial charge in [-0.15, -0.1) is 0 Å². The van der Waals surface area contributed by atoms with E-state index in [1.807, 2.05) is 66.7 Å². The molecular formula is C30H29F3N2O4. The fraction of sp³-hybridized carbons (Fsp3) is 0.333. The number of rotatable bonds is 7. The molecule has 9 heteroatoms. The van der Waals surface area contributed by atoms with E-state index in [1.165, 1.54) is 0 Å². The Morgan fingerprint density at radius 2 is 1.85 bits per heavy atom. The van der Waals surface area contributed by atoms with Gasteiger partial charge in [0.1, 0.15) is 5.75 Å². The Balaban J connectivity index is 1.40. The summed E-state index contributed by atoms with van der Waals surface area (Å²) in [7, 11) is 1.57. The molecule has 3 aromatic rings. The zero-order valence-corrected chi connectivity index (χ0v) is 21.4. The number of carbonyl (C=O) groups excluding carboxylic acids is 2. The minimum absolute atomic E-state index is 0.0343. The van der Waals surface area contributed by atoms with Crippen molar-refractivity contribution in [3.05, 3.63) is 89.0 Å². The maximum atomic E-state index is 13.1. The Hall–Kier alpha value is -3.85. The Bertz CT molecular complexity index is 1380. The van der Waals surface area contributed by atoms with E-state index in [-0.39, 0.29) is 37.4 Å². The number of carbonyl (C=O) groups is 2. The summed E-state index contributed by atoms with van der Waals surface area (Å²) in [5.74, 6) is -0.743. The van der Waals surface area contributed by atoms with E-state index < -0.39 is 18.2 Å². The molecule has 39 heavy (non-hydrogen) atoms. The van der Waals surface area contributed by atoms with E-state index in [1.54, 1.807) is 7.11 Å². The number of benzene rings is 3. The molecule has 1 saturated carbocycles. The number of alkyl halides is 3. The number of nitrogens with one attached hydrogen (secondary N) is 1. The van der Waals surface area contributed by atoms with Crippen LogP contribution in [0.4, 0.5) is 13.2 Å². The van der Waals surface area contributed by atoms with Gasteiger partial charge in [-0.25, -0.2) is 0 Å². The van der Waals surface area contributed by atoms with E-state index in [0.29, 0.717) is 17.7 Å². The molecule has 5 rings (SSSR count). The van der Waals surface area contributed by atoms with Crippen LogP contribution in [0.1, 0.15) is 34.6 Å². The number of aliphatic hydroxyl groups excluding tert-OH is 1. The fourth-order valence-corrected chi connectivity index (χ4v) is 5.34. The van der Waals surface area contributed by atoms with Crippen molar-refractivity contribution in [2.45, 2.75) is 44.1 Å². The number of fused-ring (bicyclic) bond motifs is 1. The van der Waals surface area contributed by atoms with E-state index in [9.17, 15) is 27.9 Å². The standard InChI is InChI=1S/C30H29F3N2O4/c1-39-21-9-5-8-19(14-21)22-11-10-20(16-34-28(37)25-15-24(25)18-6-3-2-4-7-18)26-17-35(13-12-23(22)26)29(38)27(36)30(31,32)33/h2-11,14,24-25,27,36H,12-13,15-17H2,1H3,(H,34,37). The molecule has 204 valence electrons. The molecule has 0 aromatic heterocycles. The largest absolute Gasteiger partial charge is 0.497 e. The van der Waals surface area contributed by atoms with Crippen LogP contribution in [0.15, 0.2) is 66.7 Å². The highest BCUT2D eigenvalue weighted by atomic mass is 19.4. The van der Waals surface area contributed by atoms with Crippen LogP contribution in [0.2, 0.25) is 0 Å². The first kappa shape index (κ1) is 26.7. The average molecular weight is 539 g/mol. The van der Waals surface area contributed by atoms with Crippen molar-refractivity contribution in [2.24, 2.45) is 5.92 Å².